The summed E-state index contributed by atoms with van der Waals surface area (Å²) in [6.07, 6.45) is 0. The largest absolute Gasteiger partial charge is 0.344 e. The molecule has 0 spiro atoms. The average Bonchev–Trinajstić information content (AvgIpc) is 0. The summed E-state index contributed by atoms with van der Waals surface area (Å²) < 4.78 is 0. The van der Waals surface area contributed by atoms with Gasteiger partial charge in [-0.25, -0.2) is 0 Å². The van der Waals surface area contributed by atoms with E-state index in [4.69, 9.17) is 0 Å². The van der Waals surface area contributed by atoms with Crippen molar-refractivity contribution < 1.29 is 0 Å². The van der Waals surface area contributed by atoms with Gasteiger partial charge in [0.25, 0.3) is 0 Å². The second kappa shape index (κ2) is 18.2. The Bertz CT molecular complexity index is 8.00. The van der Waals surface area contributed by atoms with Crippen molar-refractivity contribution in [2.45, 2.75) is 0 Å². The third-order valence-corrected chi connectivity index (χ3v) is 0. The quantitative estimate of drug-likeness (QED) is 0.357. The average molecular weight is 124 g/mol. The van der Waals surface area contributed by atoms with Crippen LogP contribution in [0.25, 0.3) is 0 Å². The normalized spacial score (nSPS) is 0. The molecule has 0 aliphatic heterocycles. The van der Waals surface area contributed by atoms with Crippen LogP contribution >= 0.6 is 23.4 Å². The van der Waals surface area contributed by atoms with Crippen molar-refractivity contribution >= 4 is 74.8 Å². The van der Waals surface area contributed by atoms with E-state index in [-0.39, 0.29) is 80.9 Å². The maximum Gasteiger partial charge on any atom is 0 e. The molecule has 4 heteroatoms. The summed E-state index contributed by atoms with van der Waals surface area (Å²) in [5.74, 6) is 0. The minimum absolute atomic E-state index is 0. The molecule has 0 amide bonds. The van der Waals surface area contributed by atoms with Gasteiger partial charge in [0.2, 0.25) is 0 Å². The molecule has 1 atom stereocenters. The summed E-state index contributed by atoms with van der Waals surface area (Å²) in [4.78, 5) is 0. The fourth-order valence-corrected chi connectivity index (χ4v) is 0. The predicted molar refractivity (Wildman–Crippen MR) is 32.3 cm³/mol. The molecule has 0 aromatic heterocycles. The maximum atomic E-state index is 0. The Morgan fingerprint density at radius 2 is 1.00 bits per heavy atom. The Labute approximate surface area is 79.4 Å². The second-order valence-electron chi connectivity index (χ2n) is 0. The van der Waals surface area contributed by atoms with Gasteiger partial charge in [0.15, 0.2) is 0 Å². The van der Waals surface area contributed by atoms with Crippen LogP contribution in [0.2, 0.25) is 0 Å². The van der Waals surface area contributed by atoms with Gasteiger partial charge in [-0.2, -0.15) is 23.4 Å². The van der Waals surface area contributed by atoms with E-state index in [1.54, 1.807) is 0 Å². The molecule has 1 radical (unpaired) electrons. The number of rotatable bonds is 0. The topological polar surface area (TPSA) is 35.0 Å². The van der Waals surface area contributed by atoms with Gasteiger partial charge in [-0.1, -0.05) is 0 Å². The molecule has 0 aliphatic carbocycles. The van der Waals surface area contributed by atoms with Crippen molar-refractivity contribution in [2.24, 2.45) is 0 Å². The summed E-state index contributed by atoms with van der Waals surface area (Å²) in [7, 11) is 0. The molecule has 25 valence electrons. The number of hydrogen-bond donors (Lipinski definition) is 1. The zero-order valence-electron chi connectivity index (χ0n) is 2.91. The first-order valence-corrected chi connectivity index (χ1v) is 0. The molecule has 1 unspecified atom stereocenters. The second-order valence-corrected chi connectivity index (χ2v) is 0. The van der Waals surface area contributed by atoms with E-state index < -0.39 is 0 Å². The zero-order valence-corrected chi connectivity index (χ0v) is 8.45. The summed E-state index contributed by atoms with van der Waals surface area (Å²) in [5.41, 5.74) is 0. The summed E-state index contributed by atoms with van der Waals surface area (Å²) in [6, 6.07) is 0. The van der Waals surface area contributed by atoms with Crippen LogP contribution in [0.3, 0.4) is 0 Å². The Morgan fingerprint density at radius 3 is 1.00 bits per heavy atom. The molecular weight excluding hydrogens is 116 g/mol. The van der Waals surface area contributed by atoms with Crippen LogP contribution in [0.1, 0.15) is 0 Å². The Hall–Kier alpha value is 2.38. The van der Waals surface area contributed by atoms with Gasteiger partial charge in [0.1, 0.15) is 0 Å². The molecule has 0 saturated heterocycles. The number of hydrogen-bond acceptors (Lipinski definition) is 1. The molecule has 3 N–H and O–H groups in total. The van der Waals surface area contributed by atoms with Crippen LogP contribution in [-0.4, -0.2) is 51.4 Å². The van der Waals surface area contributed by atoms with Crippen LogP contribution in [0, 0.1) is 0 Å². The fourth-order valence-electron chi connectivity index (χ4n) is 0. The molecule has 0 saturated carbocycles. The van der Waals surface area contributed by atoms with Crippen LogP contribution in [0.15, 0.2) is 0 Å². The van der Waals surface area contributed by atoms with Crippen LogP contribution in [-0.2, 0) is 0 Å². The van der Waals surface area contributed by atoms with E-state index in [0.717, 1.165) is 0 Å². The molecule has 0 bridgehead atoms. The Kier molecular flexibility index (Phi) is 149. The van der Waals surface area contributed by atoms with Gasteiger partial charge < -0.3 is 6.15 Å². The minimum atomic E-state index is 0. The van der Waals surface area contributed by atoms with Crippen molar-refractivity contribution in [1.82, 2.24) is 6.15 Å². The van der Waals surface area contributed by atoms with Gasteiger partial charge in [-0.05, 0) is 0 Å². The minimum Gasteiger partial charge on any atom is -0.344 e. The van der Waals surface area contributed by atoms with Gasteiger partial charge in [-0.15, -0.1) is 0 Å². The first-order valence-electron chi connectivity index (χ1n) is 0. The predicted octanol–water partition coefficient (Wildman–Crippen LogP) is -0.0479. The molecular formula is H8KNPS. The molecule has 1 nitrogen and oxygen atoms in total. The van der Waals surface area contributed by atoms with E-state index in [9.17, 15) is 0 Å². The van der Waals surface area contributed by atoms with Crippen molar-refractivity contribution in [2.75, 3.05) is 0 Å². The van der Waals surface area contributed by atoms with Crippen molar-refractivity contribution in [3.8, 4) is 0 Å². The van der Waals surface area contributed by atoms with E-state index >= 15 is 0 Å². The van der Waals surface area contributed by atoms with E-state index in [1.165, 1.54) is 0 Å². The van der Waals surface area contributed by atoms with E-state index in [0.29, 0.717) is 0 Å². The first-order chi connectivity index (χ1) is 0. The molecule has 0 aromatic rings. The molecule has 0 aliphatic rings. The van der Waals surface area contributed by atoms with Crippen LogP contribution in [0.5, 0.6) is 0 Å². The SMILES string of the molecule is N.P.S.[K]. The molecule has 0 aromatic carbocycles. The van der Waals surface area contributed by atoms with E-state index in [2.05, 4.69) is 0 Å². The van der Waals surface area contributed by atoms with Crippen LogP contribution in [0.4, 0.5) is 0 Å². The van der Waals surface area contributed by atoms with Crippen molar-refractivity contribution in [1.29, 1.82) is 0 Å². The Morgan fingerprint density at radius 1 is 1.00 bits per heavy atom. The fraction of sp³-hybridized carbons (Fsp3) is 0. The van der Waals surface area contributed by atoms with Crippen molar-refractivity contribution in [3.63, 3.8) is 0 Å². The zero-order chi connectivity index (χ0) is 0. The summed E-state index contributed by atoms with van der Waals surface area (Å²) >= 11 is 0. The first kappa shape index (κ1) is 32.6. The molecule has 4 heavy (non-hydrogen) atoms. The van der Waals surface area contributed by atoms with Gasteiger partial charge in [0, 0.05) is 51.4 Å². The molecule has 0 fully saturated rings. The Balaban J connectivity index is 0. The van der Waals surface area contributed by atoms with Gasteiger partial charge in [-0.3, -0.25) is 0 Å². The summed E-state index contributed by atoms with van der Waals surface area (Å²) in [5, 5.41) is 0. The van der Waals surface area contributed by atoms with E-state index in [1.807, 2.05) is 0 Å². The maximum absolute atomic E-state index is 0. The van der Waals surface area contributed by atoms with Gasteiger partial charge >= 0.3 is 0 Å². The molecule has 0 heterocycles. The van der Waals surface area contributed by atoms with Gasteiger partial charge in [0.05, 0.1) is 0 Å². The molecule has 0 rings (SSSR count). The monoisotopic (exact) mass is 124 g/mol. The third-order valence-electron chi connectivity index (χ3n) is 0. The summed E-state index contributed by atoms with van der Waals surface area (Å²) in [6.45, 7) is 0. The van der Waals surface area contributed by atoms with Crippen LogP contribution < -0.4 is 6.15 Å². The smallest absolute Gasteiger partial charge is 0 e. The standard InChI is InChI=1S/K.H3N.H3P.H2S/h;2*1H3;1H2. The third kappa shape index (κ3) is 8.83. The van der Waals surface area contributed by atoms with Crippen molar-refractivity contribution in [3.05, 3.63) is 0 Å².